The summed E-state index contributed by atoms with van der Waals surface area (Å²) in [5.74, 6) is 0.934. The number of nitrogens with zero attached hydrogens (tertiary/aromatic N) is 3. The predicted molar refractivity (Wildman–Crippen MR) is 76.3 cm³/mol. The smallest absolute Gasteiger partial charge is 0.203 e. The average molecular weight is 264 g/mol. The fourth-order valence-corrected chi connectivity index (χ4v) is 2.67. The Bertz CT molecular complexity index is 489. The molecule has 0 bridgehead atoms. The van der Waals surface area contributed by atoms with Gasteiger partial charge in [-0.15, -0.1) is 11.3 Å². The zero-order valence-corrected chi connectivity index (χ0v) is 12.0. The van der Waals surface area contributed by atoms with Crippen molar-refractivity contribution in [2.24, 2.45) is 0 Å². The second-order valence-corrected chi connectivity index (χ2v) is 5.33. The molecule has 2 aromatic heterocycles. The van der Waals surface area contributed by atoms with E-state index in [1.165, 1.54) is 6.42 Å². The molecule has 0 saturated carbocycles. The van der Waals surface area contributed by atoms with Crippen molar-refractivity contribution in [3.63, 3.8) is 0 Å². The van der Waals surface area contributed by atoms with Gasteiger partial charge in [-0.25, -0.2) is 9.97 Å². The molecule has 98 valence electrons. The first-order chi connectivity index (χ1) is 8.72. The molecule has 0 aliphatic carbocycles. The van der Waals surface area contributed by atoms with Gasteiger partial charge < -0.3 is 9.88 Å². The van der Waals surface area contributed by atoms with Crippen LogP contribution >= 0.6 is 11.3 Å². The van der Waals surface area contributed by atoms with Crippen LogP contribution in [0.15, 0.2) is 17.8 Å². The topological polar surface area (TPSA) is 42.7 Å². The zero-order valence-electron chi connectivity index (χ0n) is 11.2. The minimum absolute atomic E-state index is 0.232. The van der Waals surface area contributed by atoms with Crippen molar-refractivity contribution in [3.05, 3.63) is 28.5 Å². The lowest BCUT2D eigenvalue weighted by molar-refractivity contribution is 0.636. The monoisotopic (exact) mass is 264 g/mol. The summed E-state index contributed by atoms with van der Waals surface area (Å²) in [6, 6.07) is 0.232. The van der Waals surface area contributed by atoms with Crippen LogP contribution < -0.4 is 5.32 Å². The lowest BCUT2D eigenvalue weighted by Crippen LogP contribution is -2.12. The highest BCUT2D eigenvalue weighted by molar-refractivity contribution is 7.09. The molecule has 0 aliphatic rings. The van der Waals surface area contributed by atoms with Crippen molar-refractivity contribution >= 4 is 17.3 Å². The second kappa shape index (κ2) is 6.00. The quantitative estimate of drug-likeness (QED) is 0.812. The number of aryl methyl sites for hydroxylation is 1. The van der Waals surface area contributed by atoms with Gasteiger partial charge in [0.25, 0.3) is 0 Å². The molecule has 1 atom stereocenters. The van der Waals surface area contributed by atoms with Crippen molar-refractivity contribution in [2.75, 3.05) is 11.9 Å². The van der Waals surface area contributed by atoms with Gasteiger partial charge in [-0.1, -0.05) is 13.3 Å². The van der Waals surface area contributed by atoms with Gasteiger partial charge in [0.15, 0.2) is 0 Å². The summed E-state index contributed by atoms with van der Waals surface area (Å²) < 4.78 is 2.15. The van der Waals surface area contributed by atoms with E-state index in [1.807, 2.05) is 19.3 Å². The van der Waals surface area contributed by atoms with Crippen LogP contribution in [0.25, 0.3) is 0 Å². The van der Waals surface area contributed by atoms with Gasteiger partial charge >= 0.3 is 0 Å². The summed E-state index contributed by atoms with van der Waals surface area (Å²) in [6.07, 6.45) is 6.20. The van der Waals surface area contributed by atoms with Crippen LogP contribution in [0.2, 0.25) is 0 Å². The number of hydrogen-bond donors (Lipinski definition) is 1. The number of aromatic nitrogens is 3. The molecule has 0 amide bonds. The van der Waals surface area contributed by atoms with Crippen molar-refractivity contribution in [1.82, 2.24) is 14.5 Å². The van der Waals surface area contributed by atoms with E-state index in [0.717, 1.165) is 29.6 Å². The standard InChI is InChI=1S/C13H20N4S/c1-4-5-6-14-13-15-7-8-17(13)11(3)12-16-10(2)9-18-12/h7-9,11H,4-6H2,1-3H3,(H,14,15). The van der Waals surface area contributed by atoms with E-state index < -0.39 is 0 Å². The third kappa shape index (κ3) is 2.90. The molecule has 4 nitrogen and oxygen atoms in total. The largest absolute Gasteiger partial charge is 0.356 e. The fraction of sp³-hybridized carbons (Fsp3) is 0.538. The Morgan fingerprint density at radius 1 is 1.50 bits per heavy atom. The van der Waals surface area contributed by atoms with E-state index in [-0.39, 0.29) is 6.04 Å². The van der Waals surface area contributed by atoms with Crippen LogP contribution in [0.5, 0.6) is 0 Å². The Morgan fingerprint density at radius 2 is 2.33 bits per heavy atom. The third-order valence-corrected chi connectivity index (χ3v) is 4.03. The van der Waals surface area contributed by atoms with Gasteiger partial charge in [0.05, 0.1) is 6.04 Å². The number of imidazole rings is 1. The molecule has 2 rings (SSSR count). The predicted octanol–water partition coefficient (Wildman–Crippen LogP) is 3.47. The highest BCUT2D eigenvalue weighted by Gasteiger charge is 2.14. The molecule has 0 spiro atoms. The summed E-state index contributed by atoms with van der Waals surface area (Å²) in [6.45, 7) is 7.35. The first-order valence-electron chi connectivity index (χ1n) is 6.41. The number of hydrogen-bond acceptors (Lipinski definition) is 4. The van der Waals surface area contributed by atoms with E-state index in [2.05, 4.69) is 39.1 Å². The Kier molecular flexibility index (Phi) is 4.36. The van der Waals surface area contributed by atoms with Crippen LogP contribution in [-0.2, 0) is 0 Å². The molecule has 18 heavy (non-hydrogen) atoms. The van der Waals surface area contributed by atoms with E-state index in [0.29, 0.717) is 0 Å². The summed E-state index contributed by atoms with van der Waals surface area (Å²) >= 11 is 1.71. The first-order valence-corrected chi connectivity index (χ1v) is 7.29. The SMILES string of the molecule is CCCCNc1nccn1C(C)c1nc(C)cs1. The van der Waals surface area contributed by atoms with Gasteiger partial charge in [0.1, 0.15) is 5.01 Å². The van der Waals surface area contributed by atoms with Crippen molar-refractivity contribution in [1.29, 1.82) is 0 Å². The minimum Gasteiger partial charge on any atom is -0.356 e. The fourth-order valence-electron chi connectivity index (χ4n) is 1.82. The number of anilines is 1. The number of thiazole rings is 1. The number of unbranched alkanes of at least 4 members (excludes halogenated alkanes) is 1. The molecule has 2 heterocycles. The molecule has 5 heteroatoms. The van der Waals surface area contributed by atoms with Crippen molar-refractivity contribution in [2.45, 2.75) is 39.7 Å². The number of nitrogens with one attached hydrogen (secondary N) is 1. The number of rotatable bonds is 6. The molecule has 2 aromatic rings. The Labute approximate surface area is 112 Å². The van der Waals surface area contributed by atoms with Crippen LogP contribution in [0.1, 0.15) is 43.4 Å². The maximum absolute atomic E-state index is 4.55. The minimum atomic E-state index is 0.232. The highest BCUT2D eigenvalue weighted by atomic mass is 32.1. The van der Waals surface area contributed by atoms with Crippen LogP contribution in [0, 0.1) is 6.92 Å². The van der Waals surface area contributed by atoms with E-state index in [4.69, 9.17) is 0 Å². The lowest BCUT2D eigenvalue weighted by atomic mass is 10.3. The third-order valence-electron chi connectivity index (χ3n) is 2.89. The molecule has 0 fully saturated rings. The van der Waals surface area contributed by atoms with Crippen molar-refractivity contribution in [3.8, 4) is 0 Å². The molecule has 0 radical (unpaired) electrons. The molecule has 0 aromatic carbocycles. The van der Waals surface area contributed by atoms with Crippen LogP contribution in [0.3, 0.4) is 0 Å². The van der Waals surface area contributed by atoms with Gasteiger partial charge in [0.2, 0.25) is 5.95 Å². The van der Waals surface area contributed by atoms with Gasteiger partial charge in [-0.3, -0.25) is 0 Å². The first kappa shape index (κ1) is 13.1. The normalized spacial score (nSPS) is 12.6. The summed E-state index contributed by atoms with van der Waals surface area (Å²) in [5.41, 5.74) is 1.09. The van der Waals surface area contributed by atoms with E-state index in [9.17, 15) is 0 Å². The van der Waals surface area contributed by atoms with E-state index in [1.54, 1.807) is 11.3 Å². The summed E-state index contributed by atoms with van der Waals surface area (Å²) in [4.78, 5) is 8.92. The molecular formula is C13H20N4S. The second-order valence-electron chi connectivity index (χ2n) is 4.44. The maximum Gasteiger partial charge on any atom is 0.203 e. The Balaban J connectivity index is 2.10. The average Bonchev–Trinajstić information content (AvgIpc) is 2.97. The van der Waals surface area contributed by atoms with E-state index >= 15 is 0 Å². The van der Waals surface area contributed by atoms with Crippen LogP contribution in [0.4, 0.5) is 5.95 Å². The molecule has 1 unspecified atom stereocenters. The molecular weight excluding hydrogens is 244 g/mol. The van der Waals surface area contributed by atoms with Gasteiger partial charge in [0, 0.05) is 30.0 Å². The van der Waals surface area contributed by atoms with Crippen molar-refractivity contribution < 1.29 is 0 Å². The van der Waals surface area contributed by atoms with Gasteiger partial charge in [-0.05, 0) is 20.3 Å². The summed E-state index contributed by atoms with van der Waals surface area (Å²) in [7, 11) is 0. The lowest BCUT2D eigenvalue weighted by Gasteiger charge is -2.14. The molecule has 0 aliphatic heterocycles. The summed E-state index contributed by atoms with van der Waals surface area (Å²) in [5, 5.41) is 6.60. The highest BCUT2D eigenvalue weighted by Crippen LogP contribution is 2.24. The Morgan fingerprint density at radius 3 is 3.00 bits per heavy atom. The Hall–Kier alpha value is -1.36. The maximum atomic E-state index is 4.55. The van der Waals surface area contributed by atoms with Crippen LogP contribution in [-0.4, -0.2) is 21.1 Å². The van der Waals surface area contributed by atoms with Gasteiger partial charge in [-0.2, -0.15) is 0 Å². The molecule has 1 N–H and O–H groups in total. The zero-order chi connectivity index (χ0) is 13.0. The molecule has 0 saturated heterocycles.